The molecule has 0 heterocycles. The zero-order valence-corrected chi connectivity index (χ0v) is 14.9. The van der Waals surface area contributed by atoms with Gasteiger partial charge in [-0.05, 0) is 26.7 Å². The number of carbonyl (C=O) groups excluding carboxylic acids is 1. The third-order valence-corrected chi connectivity index (χ3v) is 4.35. The van der Waals surface area contributed by atoms with Crippen LogP contribution in [0.3, 0.4) is 0 Å². The zero-order valence-electron chi connectivity index (χ0n) is 14.0. The van der Waals surface area contributed by atoms with Gasteiger partial charge in [0, 0.05) is 12.1 Å². The van der Waals surface area contributed by atoms with Crippen molar-refractivity contribution in [2.45, 2.75) is 104 Å². The second-order valence-electron chi connectivity index (χ2n) is 6.09. The predicted octanol–water partition coefficient (Wildman–Crippen LogP) is 6.06. The lowest BCUT2D eigenvalue weighted by molar-refractivity contribution is 0.166. The van der Waals surface area contributed by atoms with Gasteiger partial charge >= 0.3 is 0 Å². The highest BCUT2D eigenvalue weighted by atomic mass is 32.1. The SMILES string of the molecule is CCCCCCC(C)N(C(=O)S)C(C)CCCCCC. The molecule has 20 heavy (non-hydrogen) atoms. The Morgan fingerprint density at radius 2 is 1.25 bits per heavy atom. The molecule has 0 rings (SSSR count). The fourth-order valence-corrected chi connectivity index (χ4v) is 3.22. The molecule has 0 saturated carbocycles. The van der Waals surface area contributed by atoms with Crippen molar-refractivity contribution in [3.8, 4) is 0 Å². The molecule has 0 bridgehead atoms. The lowest BCUT2D eigenvalue weighted by atomic mass is 10.0. The molecule has 0 aromatic rings. The zero-order chi connectivity index (χ0) is 15.4. The molecule has 0 aliphatic rings. The summed E-state index contributed by atoms with van der Waals surface area (Å²) in [4.78, 5) is 13.8. The van der Waals surface area contributed by atoms with Crippen LogP contribution in [0.25, 0.3) is 0 Å². The molecule has 0 saturated heterocycles. The van der Waals surface area contributed by atoms with Crippen LogP contribution in [0.5, 0.6) is 0 Å². The minimum atomic E-state index is -0.0593. The van der Waals surface area contributed by atoms with Gasteiger partial charge < -0.3 is 4.90 Å². The highest BCUT2D eigenvalue weighted by molar-refractivity contribution is 7.96. The van der Waals surface area contributed by atoms with E-state index < -0.39 is 0 Å². The van der Waals surface area contributed by atoms with Crippen LogP contribution in [0.4, 0.5) is 4.79 Å². The van der Waals surface area contributed by atoms with E-state index in [1.54, 1.807) is 0 Å². The molecule has 0 aliphatic heterocycles. The van der Waals surface area contributed by atoms with Gasteiger partial charge in [-0.25, -0.2) is 0 Å². The molecule has 2 nitrogen and oxygen atoms in total. The highest BCUT2D eigenvalue weighted by Gasteiger charge is 2.22. The Morgan fingerprint density at radius 3 is 1.55 bits per heavy atom. The molecule has 2 atom stereocenters. The minimum absolute atomic E-state index is 0.0593. The van der Waals surface area contributed by atoms with Crippen LogP contribution in [0, 0.1) is 0 Å². The largest absolute Gasteiger partial charge is 0.328 e. The van der Waals surface area contributed by atoms with E-state index in [1.807, 2.05) is 4.90 Å². The second kappa shape index (κ2) is 12.6. The molecule has 120 valence electrons. The average Bonchev–Trinajstić information content (AvgIpc) is 2.39. The summed E-state index contributed by atoms with van der Waals surface area (Å²) in [6.45, 7) is 8.79. The van der Waals surface area contributed by atoms with E-state index in [0.717, 1.165) is 12.8 Å². The Bertz CT molecular complexity index is 227. The lowest BCUT2D eigenvalue weighted by Crippen LogP contribution is -2.42. The maximum atomic E-state index is 11.8. The second-order valence-corrected chi connectivity index (χ2v) is 6.47. The molecule has 2 unspecified atom stereocenters. The van der Waals surface area contributed by atoms with Gasteiger partial charge in [0.2, 0.25) is 0 Å². The van der Waals surface area contributed by atoms with E-state index in [0.29, 0.717) is 12.1 Å². The van der Waals surface area contributed by atoms with Gasteiger partial charge in [0.1, 0.15) is 0 Å². The van der Waals surface area contributed by atoms with Gasteiger partial charge in [0.25, 0.3) is 5.24 Å². The Kier molecular flexibility index (Phi) is 12.4. The van der Waals surface area contributed by atoms with Gasteiger partial charge in [0.15, 0.2) is 0 Å². The van der Waals surface area contributed by atoms with Crippen LogP contribution >= 0.6 is 12.6 Å². The summed E-state index contributed by atoms with van der Waals surface area (Å²) in [5, 5.41) is -0.0593. The first-order valence-corrected chi connectivity index (χ1v) is 9.00. The van der Waals surface area contributed by atoms with Crippen molar-refractivity contribution in [2.75, 3.05) is 0 Å². The number of rotatable bonds is 12. The molecule has 1 amide bonds. The average molecular weight is 302 g/mol. The maximum absolute atomic E-state index is 11.8. The maximum Gasteiger partial charge on any atom is 0.279 e. The molecule has 0 radical (unpaired) electrons. The van der Waals surface area contributed by atoms with Crippen LogP contribution in [-0.4, -0.2) is 22.2 Å². The van der Waals surface area contributed by atoms with Crippen molar-refractivity contribution >= 4 is 17.9 Å². The Labute approximate surface area is 132 Å². The number of hydrogen-bond donors (Lipinski definition) is 1. The van der Waals surface area contributed by atoms with E-state index >= 15 is 0 Å². The van der Waals surface area contributed by atoms with Crippen LogP contribution in [-0.2, 0) is 0 Å². The monoisotopic (exact) mass is 301 g/mol. The van der Waals surface area contributed by atoms with Gasteiger partial charge in [-0.3, -0.25) is 4.79 Å². The fourth-order valence-electron chi connectivity index (χ4n) is 2.82. The third-order valence-electron chi connectivity index (χ3n) is 4.12. The molecule has 0 spiro atoms. The standard InChI is InChI=1S/C17H35NOS/c1-5-7-9-11-13-15(3)18(17(19)20)16(4)14-12-10-8-6-2/h15-16H,5-14H2,1-4H3,(H,19,20). The number of nitrogens with zero attached hydrogens (tertiary/aromatic N) is 1. The summed E-state index contributed by atoms with van der Waals surface area (Å²) in [5.41, 5.74) is 0. The van der Waals surface area contributed by atoms with Crippen molar-refractivity contribution in [3.63, 3.8) is 0 Å². The molecule has 0 aromatic heterocycles. The predicted molar refractivity (Wildman–Crippen MR) is 92.7 cm³/mol. The quantitative estimate of drug-likeness (QED) is 0.343. The highest BCUT2D eigenvalue weighted by Crippen LogP contribution is 2.19. The summed E-state index contributed by atoms with van der Waals surface area (Å²) in [7, 11) is 0. The number of amides is 1. The normalized spacial score (nSPS) is 14.1. The van der Waals surface area contributed by atoms with Gasteiger partial charge in [-0.2, -0.15) is 0 Å². The molecule has 0 N–H and O–H groups in total. The van der Waals surface area contributed by atoms with E-state index in [1.165, 1.54) is 51.4 Å². The van der Waals surface area contributed by atoms with Crippen LogP contribution in [0.1, 0.15) is 91.9 Å². The van der Waals surface area contributed by atoms with E-state index in [4.69, 9.17) is 0 Å². The van der Waals surface area contributed by atoms with Crippen molar-refractivity contribution in [1.82, 2.24) is 4.90 Å². The van der Waals surface area contributed by atoms with Crippen molar-refractivity contribution in [3.05, 3.63) is 0 Å². The summed E-state index contributed by atoms with van der Waals surface area (Å²) >= 11 is 4.09. The van der Waals surface area contributed by atoms with Crippen molar-refractivity contribution in [2.24, 2.45) is 0 Å². The molecular formula is C17H35NOS. The molecule has 0 aliphatic carbocycles. The van der Waals surface area contributed by atoms with E-state index in [2.05, 4.69) is 40.3 Å². The minimum Gasteiger partial charge on any atom is -0.328 e. The van der Waals surface area contributed by atoms with Gasteiger partial charge in [0.05, 0.1) is 0 Å². The van der Waals surface area contributed by atoms with E-state index in [-0.39, 0.29) is 5.24 Å². The van der Waals surface area contributed by atoms with E-state index in [9.17, 15) is 4.79 Å². The Hall–Kier alpha value is -0.180. The molecule has 0 aromatic carbocycles. The van der Waals surface area contributed by atoms with Crippen LogP contribution in [0.15, 0.2) is 0 Å². The topological polar surface area (TPSA) is 20.3 Å². The fraction of sp³-hybridized carbons (Fsp3) is 0.941. The number of unbranched alkanes of at least 4 members (excludes halogenated alkanes) is 6. The van der Waals surface area contributed by atoms with Crippen molar-refractivity contribution < 1.29 is 4.79 Å². The molecular weight excluding hydrogens is 266 g/mol. The Morgan fingerprint density at radius 1 is 0.850 bits per heavy atom. The first-order valence-electron chi connectivity index (χ1n) is 8.55. The first kappa shape index (κ1) is 19.8. The lowest BCUT2D eigenvalue weighted by Gasteiger charge is -2.33. The van der Waals surface area contributed by atoms with Gasteiger partial charge in [-0.1, -0.05) is 77.8 Å². The van der Waals surface area contributed by atoms with Crippen LogP contribution in [0.2, 0.25) is 0 Å². The number of hydrogen-bond acceptors (Lipinski definition) is 1. The van der Waals surface area contributed by atoms with Crippen LogP contribution < -0.4 is 0 Å². The van der Waals surface area contributed by atoms with Crippen molar-refractivity contribution in [1.29, 1.82) is 0 Å². The number of thiol groups is 1. The van der Waals surface area contributed by atoms with Gasteiger partial charge in [-0.15, -0.1) is 0 Å². The summed E-state index contributed by atoms with van der Waals surface area (Å²) in [6, 6.07) is 0.635. The summed E-state index contributed by atoms with van der Waals surface area (Å²) < 4.78 is 0. The third kappa shape index (κ3) is 8.89. The first-order chi connectivity index (χ1) is 9.54. The summed E-state index contributed by atoms with van der Waals surface area (Å²) in [5.74, 6) is 0. The molecule has 0 fully saturated rings. The number of carbonyl (C=O) groups is 1. The molecule has 3 heteroatoms. The summed E-state index contributed by atoms with van der Waals surface area (Å²) in [6.07, 6.45) is 12.3. The smallest absolute Gasteiger partial charge is 0.279 e. The Balaban J connectivity index is 4.14.